The third-order valence-corrected chi connectivity index (χ3v) is 8.37. The highest BCUT2D eigenvalue weighted by atomic mass is 35.5. The highest BCUT2D eigenvalue weighted by Crippen LogP contribution is 2.28. The first-order chi connectivity index (χ1) is 15.7. The van der Waals surface area contributed by atoms with Crippen molar-refractivity contribution in [3.63, 3.8) is 0 Å². The molecule has 0 spiro atoms. The lowest BCUT2D eigenvalue weighted by atomic mass is 10.1. The van der Waals surface area contributed by atoms with Gasteiger partial charge in [0.05, 0.1) is 17.2 Å². The topological polar surface area (TPSA) is 79.0 Å². The molecule has 0 aromatic heterocycles. The van der Waals surface area contributed by atoms with Gasteiger partial charge in [0.2, 0.25) is 10.0 Å². The average Bonchev–Trinajstić information content (AvgIpc) is 3.32. The van der Waals surface area contributed by atoms with E-state index < -0.39 is 10.0 Å². The summed E-state index contributed by atoms with van der Waals surface area (Å²) in [4.78, 5) is 15.1. The third-order valence-electron chi connectivity index (χ3n) is 6.06. The Morgan fingerprint density at radius 2 is 1.70 bits per heavy atom. The summed E-state index contributed by atoms with van der Waals surface area (Å²) in [6.07, 6.45) is 2.01. The molecule has 2 atom stereocenters. The van der Waals surface area contributed by atoms with E-state index in [0.29, 0.717) is 6.54 Å². The van der Waals surface area contributed by atoms with Gasteiger partial charge in [-0.05, 0) is 62.6 Å². The predicted molar refractivity (Wildman–Crippen MR) is 129 cm³/mol. The molecule has 33 heavy (non-hydrogen) atoms. The summed E-state index contributed by atoms with van der Waals surface area (Å²) in [5, 5.41) is 2.97. The number of amides is 1. The molecule has 1 amide bonds. The fourth-order valence-corrected chi connectivity index (χ4v) is 6.48. The standard InChI is InChI=1S/C24H30ClN3O4S/c1-17-15-28(16-18(2)32-17)33(30,31)23-13-20(7-10-22(23)25)24(29)26-14-19-5-8-21(9-6-19)27-11-3-4-12-27/h5-10,13,17-18H,3-4,11-12,14-16H2,1-2H3,(H,26,29). The molecule has 2 aliphatic heterocycles. The van der Waals surface area contributed by atoms with Crippen LogP contribution in [-0.2, 0) is 21.3 Å². The molecule has 2 heterocycles. The van der Waals surface area contributed by atoms with Crippen LogP contribution in [0.1, 0.15) is 42.6 Å². The Morgan fingerprint density at radius 3 is 2.33 bits per heavy atom. The third kappa shape index (κ3) is 5.51. The number of morpholine rings is 1. The van der Waals surface area contributed by atoms with E-state index in [0.717, 1.165) is 18.7 Å². The number of nitrogens with one attached hydrogen (secondary N) is 1. The van der Waals surface area contributed by atoms with Crippen LogP contribution in [0.25, 0.3) is 0 Å². The van der Waals surface area contributed by atoms with Gasteiger partial charge in [-0.15, -0.1) is 0 Å². The van der Waals surface area contributed by atoms with Gasteiger partial charge in [0.1, 0.15) is 4.90 Å². The van der Waals surface area contributed by atoms with Gasteiger partial charge in [-0.25, -0.2) is 8.42 Å². The number of hydrogen-bond donors (Lipinski definition) is 1. The zero-order chi connectivity index (χ0) is 23.6. The molecule has 0 aliphatic carbocycles. The molecule has 2 aromatic carbocycles. The van der Waals surface area contributed by atoms with Gasteiger partial charge < -0.3 is 15.0 Å². The number of benzene rings is 2. The van der Waals surface area contributed by atoms with Crippen molar-refractivity contribution < 1.29 is 17.9 Å². The summed E-state index contributed by atoms with van der Waals surface area (Å²) < 4.78 is 33.5. The van der Waals surface area contributed by atoms with Gasteiger partial charge >= 0.3 is 0 Å². The highest BCUT2D eigenvalue weighted by Gasteiger charge is 2.33. The number of carbonyl (C=O) groups excluding carboxylic acids is 1. The van der Waals surface area contributed by atoms with Crippen molar-refractivity contribution in [2.75, 3.05) is 31.1 Å². The first-order valence-electron chi connectivity index (χ1n) is 11.3. The minimum atomic E-state index is -3.86. The Kier molecular flexibility index (Phi) is 7.28. The first-order valence-corrected chi connectivity index (χ1v) is 13.1. The molecule has 9 heteroatoms. The maximum atomic E-state index is 13.2. The summed E-state index contributed by atoms with van der Waals surface area (Å²) in [5.41, 5.74) is 2.42. The minimum absolute atomic E-state index is 0.0620. The van der Waals surface area contributed by atoms with Crippen molar-refractivity contribution in [1.82, 2.24) is 9.62 Å². The van der Waals surface area contributed by atoms with E-state index >= 15 is 0 Å². The molecular weight excluding hydrogens is 462 g/mol. The van der Waals surface area contributed by atoms with Gasteiger partial charge in [0.15, 0.2) is 0 Å². The molecule has 2 aromatic rings. The van der Waals surface area contributed by atoms with Gasteiger partial charge in [-0.1, -0.05) is 23.7 Å². The number of hydrogen-bond acceptors (Lipinski definition) is 5. The van der Waals surface area contributed by atoms with E-state index in [-0.39, 0.29) is 46.7 Å². The first kappa shape index (κ1) is 24.0. The average molecular weight is 492 g/mol. The molecule has 2 aliphatic rings. The van der Waals surface area contributed by atoms with Crippen molar-refractivity contribution >= 4 is 33.2 Å². The largest absolute Gasteiger partial charge is 0.373 e. The van der Waals surface area contributed by atoms with E-state index in [2.05, 4.69) is 22.3 Å². The van der Waals surface area contributed by atoms with E-state index in [1.165, 1.54) is 41.0 Å². The molecule has 4 rings (SSSR count). The van der Waals surface area contributed by atoms with Crippen molar-refractivity contribution in [2.45, 2.75) is 50.3 Å². The number of nitrogens with zero attached hydrogens (tertiary/aromatic N) is 2. The summed E-state index contributed by atoms with van der Waals surface area (Å²) in [6.45, 7) is 6.67. The van der Waals surface area contributed by atoms with Crippen LogP contribution in [-0.4, -0.2) is 57.0 Å². The Morgan fingerprint density at radius 1 is 1.06 bits per heavy atom. The van der Waals surface area contributed by atoms with Crippen molar-refractivity contribution in [2.24, 2.45) is 0 Å². The van der Waals surface area contributed by atoms with Crippen LogP contribution in [0.2, 0.25) is 5.02 Å². The second kappa shape index (κ2) is 10.0. The predicted octanol–water partition coefficient (Wildman–Crippen LogP) is 3.67. The van der Waals surface area contributed by atoms with E-state index in [1.807, 2.05) is 26.0 Å². The molecule has 0 radical (unpaired) electrons. The van der Waals surface area contributed by atoms with E-state index in [4.69, 9.17) is 16.3 Å². The molecule has 0 bridgehead atoms. The minimum Gasteiger partial charge on any atom is -0.373 e. The van der Waals surface area contributed by atoms with Crippen molar-refractivity contribution in [3.05, 3.63) is 58.6 Å². The van der Waals surface area contributed by atoms with Crippen LogP contribution in [0.15, 0.2) is 47.4 Å². The maximum Gasteiger partial charge on any atom is 0.251 e. The van der Waals surface area contributed by atoms with Gasteiger partial charge in [-0.2, -0.15) is 4.31 Å². The second-order valence-corrected chi connectivity index (χ2v) is 11.1. The molecule has 1 N–H and O–H groups in total. The lowest BCUT2D eigenvalue weighted by Gasteiger charge is -2.34. The lowest BCUT2D eigenvalue weighted by molar-refractivity contribution is -0.0440. The van der Waals surface area contributed by atoms with Crippen molar-refractivity contribution in [3.8, 4) is 0 Å². The van der Waals surface area contributed by atoms with Crippen LogP contribution < -0.4 is 10.2 Å². The number of ether oxygens (including phenoxy) is 1. The Labute approximate surface area is 200 Å². The lowest BCUT2D eigenvalue weighted by Crippen LogP contribution is -2.48. The molecule has 2 saturated heterocycles. The molecule has 178 valence electrons. The van der Waals surface area contributed by atoms with Crippen molar-refractivity contribution in [1.29, 1.82) is 0 Å². The van der Waals surface area contributed by atoms with Gasteiger partial charge in [-0.3, -0.25) is 4.79 Å². The number of carbonyl (C=O) groups is 1. The fraction of sp³-hybridized carbons (Fsp3) is 0.458. The van der Waals surface area contributed by atoms with Crippen LogP contribution in [0.4, 0.5) is 5.69 Å². The van der Waals surface area contributed by atoms with Crippen LogP contribution >= 0.6 is 11.6 Å². The van der Waals surface area contributed by atoms with E-state index in [1.54, 1.807) is 0 Å². The fourth-order valence-electron chi connectivity index (χ4n) is 4.39. The molecule has 7 nitrogen and oxygen atoms in total. The highest BCUT2D eigenvalue weighted by molar-refractivity contribution is 7.89. The summed E-state index contributed by atoms with van der Waals surface area (Å²) in [5.74, 6) is -0.351. The summed E-state index contributed by atoms with van der Waals surface area (Å²) in [7, 11) is -3.86. The normalized spacial score (nSPS) is 21.8. The Balaban J connectivity index is 1.45. The maximum absolute atomic E-state index is 13.2. The molecule has 2 unspecified atom stereocenters. The number of sulfonamides is 1. The van der Waals surface area contributed by atoms with Crippen LogP contribution in [0, 0.1) is 0 Å². The Bertz CT molecular complexity index is 1090. The SMILES string of the molecule is CC1CN(S(=O)(=O)c2cc(C(=O)NCc3ccc(N4CCCC4)cc3)ccc2Cl)CC(C)O1. The number of halogens is 1. The molecule has 0 saturated carbocycles. The zero-order valence-electron chi connectivity index (χ0n) is 19.0. The summed E-state index contributed by atoms with van der Waals surface area (Å²) >= 11 is 6.25. The quantitative estimate of drug-likeness (QED) is 0.667. The number of rotatable bonds is 6. The zero-order valence-corrected chi connectivity index (χ0v) is 20.5. The smallest absolute Gasteiger partial charge is 0.251 e. The summed E-state index contributed by atoms with van der Waals surface area (Å²) in [6, 6.07) is 12.5. The number of anilines is 1. The van der Waals surface area contributed by atoms with Gasteiger partial charge in [0.25, 0.3) is 5.91 Å². The van der Waals surface area contributed by atoms with Gasteiger partial charge in [0, 0.05) is 44.0 Å². The molecule has 2 fully saturated rings. The van der Waals surface area contributed by atoms with Crippen LogP contribution in [0.3, 0.4) is 0 Å². The second-order valence-electron chi connectivity index (χ2n) is 8.77. The Hall–Kier alpha value is -2.13. The van der Waals surface area contributed by atoms with Crippen LogP contribution in [0.5, 0.6) is 0 Å². The monoisotopic (exact) mass is 491 g/mol. The molecular formula is C24H30ClN3O4S. The van der Waals surface area contributed by atoms with E-state index in [9.17, 15) is 13.2 Å².